The Hall–Kier alpha value is -1.46. The van der Waals surface area contributed by atoms with Gasteiger partial charge in [-0.1, -0.05) is 0 Å². The summed E-state index contributed by atoms with van der Waals surface area (Å²) in [5, 5.41) is 9.35. The molecule has 0 aromatic carbocycles. The minimum atomic E-state index is -5.38. The van der Waals surface area contributed by atoms with E-state index in [0.29, 0.717) is 0 Å². The molecular formula is C13H13F9N2O. The molecule has 0 aromatic heterocycles. The Balaban J connectivity index is 2.49. The smallest absolute Gasteiger partial charge is 0.394 e. The number of hydrogen-bond donors (Lipinski definition) is 2. The van der Waals surface area contributed by atoms with Gasteiger partial charge in [-0.05, 0) is 0 Å². The van der Waals surface area contributed by atoms with Crippen molar-refractivity contribution in [3.8, 4) is 0 Å². The highest BCUT2D eigenvalue weighted by molar-refractivity contribution is 6.08. The fourth-order valence-corrected chi connectivity index (χ4v) is 2.77. The summed E-state index contributed by atoms with van der Waals surface area (Å²) in [5.41, 5.74) is -0.697. The van der Waals surface area contributed by atoms with Crippen LogP contribution in [0.1, 0.15) is 12.8 Å². The topological polar surface area (TPSA) is 58.6 Å². The van der Waals surface area contributed by atoms with Gasteiger partial charge in [-0.3, -0.25) is 4.99 Å². The normalized spacial score (nSPS) is 42.7. The zero-order chi connectivity index (χ0) is 19.3. The second-order valence-corrected chi connectivity index (χ2v) is 5.88. The highest BCUT2D eigenvalue weighted by Crippen LogP contribution is 2.43. The Morgan fingerprint density at radius 3 is 2.00 bits per heavy atom. The molecule has 3 nitrogen and oxygen atoms in total. The second-order valence-electron chi connectivity index (χ2n) is 5.88. The van der Waals surface area contributed by atoms with Crippen molar-refractivity contribution in [1.82, 2.24) is 0 Å². The average Bonchev–Trinajstić information content (AvgIpc) is 2.64. The van der Waals surface area contributed by atoms with Crippen LogP contribution in [0.15, 0.2) is 16.3 Å². The summed E-state index contributed by atoms with van der Waals surface area (Å²) in [6.07, 6.45) is -21.0. The summed E-state index contributed by atoms with van der Waals surface area (Å²) in [5.74, 6) is -4.66. The first kappa shape index (κ1) is 19.9. The van der Waals surface area contributed by atoms with Crippen LogP contribution >= 0.6 is 0 Å². The van der Waals surface area contributed by atoms with Crippen molar-refractivity contribution >= 4 is 5.71 Å². The predicted octanol–water partition coefficient (Wildman–Crippen LogP) is 2.73. The van der Waals surface area contributed by atoms with E-state index in [2.05, 4.69) is 4.99 Å². The molecule has 0 aliphatic heterocycles. The largest absolute Gasteiger partial charge is 0.431 e. The molecule has 0 heterocycles. The lowest BCUT2D eigenvalue weighted by Gasteiger charge is -2.28. The summed E-state index contributed by atoms with van der Waals surface area (Å²) in [6, 6.07) is -1.58. The zero-order valence-electron chi connectivity index (χ0n) is 12.3. The van der Waals surface area contributed by atoms with Gasteiger partial charge in [0.2, 0.25) is 6.17 Å². The van der Waals surface area contributed by atoms with Gasteiger partial charge >= 0.3 is 12.1 Å². The zero-order valence-corrected chi connectivity index (χ0v) is 12.3. The number of aliphatic hydroxyl groups is 1. The molecular weight excluding hydrogens is 371 g/mol. The lowest BCUT2D eigenvalue weighted by Crippen LogP contribution is -2.40. The van der Waals surface area contributed by atoms with Gasteiger partial charge in [0.05, 0.1) is 11.8 Å². The van der Waals surface area contributed by atoms with E-state index in [0.717, 1.165) is 0 Å². The molecule has 2 aliphatic carbocycles. The van der Waals surface area contributed by atoms with Crippen molar-refractivity contribution in [3.63, 3.8) is 0 Å². The van der Waals surface area contributed by atoms with Gasteiger partial charge in [0.1, 0.15) is 24.1 Å². The fourth-order valence-electron chi connectivity index (χ4n) is 2.77. The number of allylic oxidation sites excluding steroid dienone is 1. The van der Waals surface area contributed by atoms with Crippen LogP contribution in [0.5, 0.6) is 0 Å². The van der Waals surface area contributed by atoms with E-state index in [-0.39, 0.29) is 0 Å². The molecule has 2 unspecified atom stereocenters. The van der Waals surface area contributed by atoms with Crippen molar-refractivity contribution in [3.05, 3.63) is 11.3 Å². The Morgan fingerprint density at radius 1 is 1.08 bits per heavy atom. The molecule has 2 fully saturated rings. The Kier molecular flexibility index (Phi) is 5.05. The van der Waals surface area contributed by atoms with Crippen LogP contribution in [-0.2, 0) is 0 Å². The predicted molar refractivity (Wildman–Crippen MR) is 68.3 cm³/mol. The van der Waals surface area contributed by atoms with Crippen molar-refractivity contribution in [2.45, 2.75) is 61.8 Å². The van der Waals surface area contributed by atoms with E-state index in [4.69, 9.17) is 5.73 Å². The van der Waals surface area contributed by atoms with Crippen LogP contribution in [0, 0.1) is 0 Å². The number of halogens is 9. The van der Waals surface area contributed by atoms with Crippen LogP contribution < -0.4 is 5.73 Å². The molecule has 25 heavy (non-hydrogen) atoms. The standard InChI is InChI=1S/C13H13F9N2O/c14-4-1-3(2-5(15)7(4)16)24-8-6(10(23)13(20,21)22)11(25)12(18,19)9(8)17/h3-5,7,9,11,25H,1-2,23H2/b10-6+,24-8?/t3?,4-,5+,7?,9-,11-/m0/s1. The first-order valence-corrected chi connectivity index (χ1v) is 7.05. The number of aliphatic hydroxyl groups excluding tert-OH is 1. The van der Waals surface area contributed by atoms with Crippen LogP contribution in [0.4, 0.5) is 39.5 Å². The maximum Gasteiger partial charge on any atom is 0.431 e. The second kappa shape index (κ2) is 6.36. The van der Waals surface area contributed by atoms with Gasteiger partial charge in [0.25, 0.3) is 0 Å². The molecule has 0 spiro atoms. The van der Waals surface area contributed by atoms with E-state index < -0.39 is 78.8 Å². The summed E-state index contributed by atoms with van der Waals surface area (Å²) in [7, 11) is 0. The molecule has 0 bridgehead atoms. The van der Waals surface area contributed by atoms with Crippen molar-refractivity contribution in [2.75, 3.05) is 0 Å². The van der Waals surface area contributed by atoms with Crippen molar-refractivity contribution in [2.24, 2.45) is 10.7 Å². The third kappa shape index (κ3) is 3.44. The van der Waals surface area contributed by atoms with Crippen LogP contribution in [0.25, 0.3) is 0 Å². The molecule has 3 N–H and O–H groups in total. The number of nitrogens with two attached hydrogens (primary N) is 1. The molecule has 144 valence electrons. The molecule has 2 saturated carbocycles. The van der Waals surface area contributed by atoms with Crippen LogP contribution in [0.3, 0.4) is 0 Å². The third-order valence-corrected chi connectivity index (χ3v) is 4.09. The Labute approximate surface area is 135 Å². The van der Waals surface area contributed by atoms with Gasteiger partial charge in [-0.25, -0.2) is 17.6 Å². The Morgan fingerprint density at radius 2 is 1.56 bits per heavy atom. The van der Waals surface area contributed by atoms with E-state index in [1.54, 1.807) is 0 Å². The molecule has 0 aromatic rings. The SMILES string of the molecule is N/C(=C1\C(=NC2C[C@@H](F)C(F)[C@@H](F)C2)[C@H](F)C(F)(F)[C@H]1O)C(F)(F)F. The van der Waals surface area contributed by atoms with E-state index in [9.17, 15) is 44.6 Å². The van der Waals surface area contributed by atoms with Crippen LogP contribution in [-0.4, -0.2) is 59.7 Å². The van der Waals surface area contributed by atoms with Gasteiger partial charge < -0.3 is 10.8 Å². The number of aliphatic imine (C=N–C) groups is 1. The molecule has 0 amide bonds. The molecule has 2 aliphatic rings. The van der Waals surface area contributed by atoms with Crippen LogP contribution in [0.2, 0.25) is 0 Å². The summed E-state index contributed by atoms with van der Waals surface area (Å²) in [4.78, 5) is 3.23. The van der Waals surface area contributed by atoms with Crippen molar-refractivity contribution in [1.29, 1.82) is 0 Å². The lowest BCUT2D eigenvalue weighted by molar-refractivity contribution is -0.113. The van der Waals surface area contributed by atoms with Gasteiger partial charge in [-0.15, -0.1) is 0 Å². The summed E-state index contributed by atoms with van der Waals surface area (Å²) < 4.78 is 119. The Bertz CT molecular complexity index is 577. The molecule has 6 atom stereocenters. The number of hydrogen-bond acceptors (Lipinski definition) is 3. The first-order valence-electron chi connectivity index (χ1n) is 7.05. The molecule has 0 saturated heterocycles. The quantitative estimate of drug-likeness (QED) is 0.684. The highest BCUT2D eigenvalue weighted by atomic mass is 19.4. The monoisotopic (exact) mass is 384 g/mol. The fraction of sp³-hybridized carbons (Fsp3) is 0.769. The maximum absolute atomic E-state index is 13.9. The highest BCUT2D eigenvalue weighted by Gasteiger charge is 2.62. The summed E-state index contributed by atoms with van der Waals surface area (Å²) >= 11 is 0. The maximum atomic E-state index is 13.9. The minimum absolute atomic E-state index is 0.835. The average molecular weight is 384 g/mol. The third-order valence-electron chi connectivity index (χ3n) is 4.09. The van der Waals surface area contributed by atoms with E-state index in [1.807, 2.05) is 0 Å². The number of alkyl halides is 9. The molecule has 0 radical (unpaired) electrons. The van der Waals surface area contributed by atoms with E-state index >= 15 is 0 Å². The minimum Gasteiger partial charge on any atom is -0.394 e. The molecule has 12 heteroatoms. The molecule has 2 rings (SSSR count). The van der Waals surface area contributed by atoms with Crippen molar-refractivity contribution < 1.29 is 44.6 Å². The van der Waals surface area contributed by atoms with Gasteiger partial charge in [0.15, 0.2) is 6.17 Å². The number of rotatable bonds is 1. The summed E-state index contributed by atoms with van der Waals surface area (Å²) in [6.45, 7) is 0. The van der Waals surface area contributed by atoms with Gasteiger partial charge in [0, 0.05) is 18.4 Å². The first-order chi connectivity index (χ1) is 11.3. The van der Waals surface area contributed by atoms with Gasteiger partial charge in [-0.2, -0.15) is 22.0 Å². The number of nitrogens with zero attached hydrogens (tertiary/aromatic N) is 1. The lowest BCUT2D eigenvalue weighted by atomic mass is 9.91. The van der Waals surface area contributed by atoms with E-state index in [1.165, 1.54) is 0 Å².